The number of anilines is 1. The number of aryl methyl sites for hydroxylation is 1. The van der Waals surface area contributed by atoms with Crippen LogP contribution in [0, 0.1) is 13.8 Å². The third kappa shape index (κ3) is 5.51. The molecule has 0 amide bonds. The minimum Gasteiger partial charge on any atom is -0.497 e. The minimum absolute atomic E-state index is 0.180. The number of rotatable bonds is 8. The maximum absolute atomic E-state index is 6.44. The van der Waals surface area contributed by atoms with E-state index in [2.05, 4.69) is 34.7 Å². The van der Waals surface area contributed by atoms with Gasteiger partial charge in [0.2, 0.25) is 0 Å². The van der Waals surface area contributed by atoms with Crippen molar-refractivity contribution >= 4 is 34.6 Å². The van der Waals surface area contributed by atoms with Gasteiger partial charge in [0.1, 0.15) is 23.0 Å². The summed E-state index contributed by atoms with van der Waals surface area (Å²) in [5.41, 5.74) is 5.94. The van der Waals surface area contributed by atoms with Crippen molar-refractivity contribution in [3.63, 3.8) is 0 Å². The number of halogens is 1. The summed E-state index contributed by atoms with van der Waals surface area (Å²) in [5, 5.41) is 4.81. The zero-order valence-corrected chi connectivity index (χ0v) is 25.8. The van der Waals surface area contributed by atoms with Gasteiger partial charge < -0.3 is 29.0 Å². The van der Waals surface area contributed by atoms with Crippen LogP contribution in [0.4, 0.5) is 5.69 Å². The predicted octanol–water partition coefficient (Wildman–Crippen LogP) is 8.13. The highest BCUT2D eigenvalue weighted by Gasteiger charge is 2.42. The van der Waals surface area contributed by atoms with Crippen molar-refractivity contribution in [3.05, 3.63) is 125 Å². The van der Waals surface area contributed by atoms with E-state index in [9.17, 15) is 0 Å². The summed E-state index contributed by atoms with van der Waals surface area (Å²) in [6.45, 7) is 4.20. The second kappa shape index (κ2) is 12.0. The van der Waals surface area contributed by atoms with Gasteiger partial charge in [-0.1, -0.05) is 17.7 Å². The summed E-state index contributed by atoms with van der Waals surface area (Å²) in [4.78, 5) is 6.87. The van der Waals surface area contributed by atoms with Crippen LogP contribution in [-0.2, 0) is 0 Å². The molecule has 6 rings (SSSR count). The van der Waals surface area contributed by atoms with E-state index in [1.54, 1.807) is 14.2 Å². The largest absolute Gasteiger partial charge is 0.497 e. The molecule has 0 aliphatic carbocycles. The Kier molecular flexibility index (Phi) is 7.97. The molecule has 2 atom stereocenters. The van der Waals surface area contributed by atoms with Gasteiger partial charge >= 0.3 is 0 Å². The lowest BCUT2D eigenvalue weighted by molar-refractivity contribution is 0.412. The number of aromatic nitrogens is 2. The molecule has 0 radical (unpaired) electrons. The Bertz CT molecular complexity index is 1760. The van der Waals surface area contributed by atoms with Crippen molar-refractivity contribution in [1.82, 2.24) is 14.9 Å². The van der Waals surface area contributed by atoms with Crippen LogP contribution in [0.5, 0.6) is 23.0 Å². The lowest BCUT2D eigenvalue weighted by Gasteiger charge is -2.28. The Hall–Kier alpha value is -4.53. The monoisotopic (exact) mass is 610 g/mol. The molecular weight excluding hydrogens is 580 g/mol. The first-order valence-corrected chi connectivity index (χ1v) is 14.6. The SMILES string of the molecule is COc1ccc(Oc2ccc(N3C(=S)N[C@H](c4ccccn4)[C@@H]3c3cc(C)n(-c4cc(Cl)ccc4OC)c3C)cc2)cc1. The minimum atomic E-state index is -0.181. The smallest absolute Gasteiger partial charge is 0.174 e. The highest BCUT2D eigenvalue weighted by molar-refractivity contribution is 7.80. The number of nitrogens with one attached hydrogen (secondary N) is 1. The molecule has 0 bridgehead atoms. The lowest BCUT2D eigenvalue weighted by atomic mass is 9.96. The van der Waals surface area contributed by atoms with Gasteiger partial charge in [-0.25, -0.2) is 0 Å². The molecule has 218 valence electrons. The molecule has 3 heterocycles. The molecule has 1 saturated heterocycles. The van der Waals surface area contributed by atoms with Gasteiger partial charge in [0, 0.05) is 28.3 Å². The fourth-order valence-corrected chi connectivity index (χ4v) is 6.21. The average Bonchev–Trinajstić information content (AvgIpc) is 3.52. The van der Waals surface area contributed by atoms with Gasteiger partial charge in [0.15, 0.2) is 5.11 Å². The van der Waals surface area contributed by atoms with E-state index in [-0.39, 0.29) is 12.1 Å². The van der Waals surface area contributed by atoms with Crippen molar-refractivity contribution in [2.45, 2.75) is 25.9 Å². The molecule has 9 heteroatoms. The molecule has 1 fully saturated rings. The second-order valence-corrected chi connectivity index (χ2v) is 11.1. The second-order valence-electron chi connectivity index (χ2n) is 10.2. The van der Waals surface area contributed by atoms with Crippen molar-refractivity contribution in [1.29, 1.82) is 0 Å². The van der Waals surface area contributed by atoms with Gasteiger partial charge in [0.25, 0.3) is 0 Å². The molecular formula is C34H31ClN4O3S. The van der Waals surface area contributed by atoms with Gasteiger partial charge in [0.05, 0.1) is 37.7 Å². The predicted molar refractivity (Wildman–Crippen MR) is 174 cm³/mol. The Morgan fingerprint density at radius 2 is 1.53 bits per heavy atom. The fraction of sp³-hybridized carbons (Fsp3) is 0.176. The number of benzene rings is 3. The number of hydrogen-bond donors (Lipinski definition) is 1. The molecule has 0 saturated carbocycles. The molecule has 7 nitrogen and oxygen atoms in total. The van der Waals surface area contributed by atoms with Crippen molar-refractivity contribution in [3.8, 4) is 28.7 Å². The van der Waals surface area contributed by atoms with Gasteiger partial charge in [-0.2, -0.15) is 0 Å². The molecule has 0 spiro atoms. The van der Waals surface area contributed by atoms with Crippen LogP contribution in [0.1, 0.15) is 34.7 Å². The van der Waals surface area contributed by atoms with E-state index in [0.717, 1.165) is 57.0 Å². The maximum Gasteiger partial charge on any atom is 0.174 e. The van der Waals surface area contributed by atoms with Crippen LogP contribution in [0.15, 0.2) is 97.2 Å². The first-order valence-electron chi connectivity index (χ1n) is 13.8. The summed E-state index contributed by atoms with van der Waals surface area (Å²) < 4.78 is 19.2. The van der Waals surface area contributed by atoms with E-state index in [1.165, 1.54) is 0 Å². The zero-order chi connectivity index (χ0) is 30.1. The summed E-state index contributed by atoms with van der Waals surface area (Å²) in [7, 11) is 3.31. The number of hydrogen-bond acceptors (Lipinski definition) is 5. The molecule has 5 aromatic rings. The van der Waals surface area contributed by atoms with Gasteiger partial charge in [-0.15, -0.1) is 0 Å². The maximum atomic E-state index is 6.44. The summed E-state index contributed by atoms with van der Waals surface area (Å²) in [6.07, 6.45) is 1.81. The summed E-state index contributed by atoms with van der Waals surface area (Å²) in [5.74, 6) is 2.96. The van der Waals surface area contributed by atoms with E-state index >= 15 is 0 Å². The van der Waals surface area contributed by atoms with E-state index in [0.29, 0.717) is 10.1 Å². The number of nitrogens with zero attached hydrogens (tertiary/aromatic N) is 3. The molecule has 1 aliphatic rings. The fourth-order valence-electron chi connectivity index (χ4n) is 5.70. The topological polar surface area (TPSA) is 60.8 Å². The molecule has 3 aromatic carbocycles. The lowest BCUT2D eigenvalue weighted by Crippen LogP contribution is -2.29. The Balaban J connectivity index is 1.41. The van der Waals surface area contributed by atoms with Crippen molar-refractivity contribution in [2.75, 3.05) is 19.1 Å². The van der Waals surface area contributed by atoms with Crippen LogP contribution in [0.2, 0.25) is 5.02 Å². The first-order chi connectivity index (χ1) is 20.9. The first kappa shape index (κ1) is 28.6. The van der Waals surface area contributed by atoms with Crippen molar-refractivity contribution in [2.24, 2.45) is 0 Å². The van der Waals surface area contributed by atoms with Crippen LogP contribution in [0.3, 0.4) is 0 Å². The number of methoxy groups -OCH3 is 2. The van der Waals surface area contributed by atoms with Crippen LogP contribution >= 0.6 is 23.8 Å². The van der Waals surface area contributed by atoms with Gasteiger partial charge in [-0.3, -0.25) is 4.98 Å². The number of thiocarbonyl (C=S) groups is 1. The van der Waals surface area contributed by atoms with Crippen LogP contribution in [-0.4, -0.2) is 28.9 Å². The normalized spacial score (nSPS) is 16.2. The highest BCUT2D eigenvalue weighted by Crippen LogP contribution is 2.44. The number of ether oxygens (including phenoxy) is 3. The van der Waals surface area contributed by atoms with E-state index in [1.807, 2.05) is 91.1 Å². The standard InChI is InChI=1S/C34H31ClN4O3S/c1-21-19-28(22(2)38(21)30-20-23(35)8-17-31(30)41-4)33-32(29-7-5-6-18-36-29)37-34(43)39(33)24-9-11-26(12-10-24)42-27-15-13-25(40-3)14-16-27/h5-20,32-33H,1-4H3,(H,37,43)/t32-,33+/m1/s1. The third-order valence-electron chi connectivity index (χ3n) is 7.68. The molecule has 2 aromatic heterocycles. The Labute approximate surface area is 261 Å². The molecule has 43 heavy (non-hydrogen) atoms. The van der Waals surface area contributed by atoms with Crippen LogP contribution < -0.4 is 24.4 Å². The van der Waals surface area contributed by atoms with E-state index < -0.39 is 0 Å². The average molecular weight is 611 g/mol. The van der Waals surface area contributed by atoms with Crippen molar-refractivity contribution < 1.29 is 14.2 Å². The quantitative estimate of drug-likeness (QED) is 0.178. The molecule has 1 N–H and O–H groups in total. The summed E-state index contributed by atoms with van der Waals surface area (Å²) in [6, 6.07) is 28.9. The number of pyridine rings is 1. The molecule has 0 unspecified atom stereocenters. The Morgan fingerprint density at radius 3 is 2.19 bits per heavy atom. The van der Waals surface area contributed by atoms with Crippen LogP contribution in [0.25, 0.3) is 5.69 Å². The Morgan fingerprint density at radius 1 is 0.837 bits per heavy atom. The third-order valence-corrected chi connectivity index (χ3v) is 8.23. The van der Waals surface area contributed by atoms with Gasteiger partial charge in [-0.05, 0) is 117 Å². The summed E-state index contributed by atoms with van der Waals surface area (Å²) >= 11 is 12.4. The highest BCUT2D eigenvalue weighted by atomic mass is 35.5. The molecule has 1 aliphatic heterocycles. The zero-order valence-electron chi connectivity index (χ0n) is 24.2. The van der Waals surface area contributed by atoms with E-state index in [4.69, 9.17) is 43.0 Å².